The third-order valence-electron chi connectivity index (χ3n) is 3.42. The third-order valence-corrected chi connectivity index (χ3v) is 4.33. The fourth-order valence-electron chi connectivity index (χ4n) is 2.01. The lowest BCUT2D eigenvalue weighted by atomic mass is 9.93. The monoisotopic (exact) mass is 332 g/mol. The van der Waals surface area contributed by atoms with Crippen LogP contribution in [0.2, 0.25) is 0 Å². The van der Waals surface area contributed by atoms with Crippen molar-refractivity contribution in [2.24, 2.45) is 0 Å². The highest BCUT2D eigenvalue weighted by Crippen LogP contribution is 2.23. The molecule has 0 aliphatic rings. The van der Waals surface area contributed by atoms with Gasteiger partial charge in [-0.05, 0) is 19.1 Å². The van der Waals surface area contributed by atoms with Crippen LogP contribution in [0.1, 0.15) is 50.1 Å². The third kappa shape index (κ3) is 5.32. The zero-order valence-electron chi connectivity index (χ0n) is 14.1. The Morgan fingerprint density at radius 3 is 2.74 bits per heavy atom. The Hall–Kier alpha value is -1.95. The van der Waals surface area contributed by atoms with Gasteiger partial charge in [0.15, 0.2) is 0 Å². The van der Waals surface area contributed by atoms with E-state index in [2.05, 4.69) is 46.8 Å². The highest BCUT2D eigenvalue weighted by molar-refractivity contribution is 7.09. The molecule has 6 heteroatoms. The molecule has 0 aromatic carbocycles. The lowest BCUT2D eigenvalue weighted by molar-refractivity contribution is 0.238. The number of carbonyl (C=O) groups is 1. The van der Waals surface area contributed by atoms with E-state index in [4.69, 9.17) is 0 Å². The number of aromatic nitrogens is 2. The van der Waals surface area contributed by atoms with Gasteiger partial charge in [0.25, 0.3) is 0 Å². The number of pyridine rings is 1. The number of hydrogen-bond acceptors (Lipinski definition) is 4. The van der Waals surface area contributed by atoms with Crippen molar-refractivity contribution < 1.29 is 4.79 Å². The second kappa shape index (κ2) is 7.55. The molecule has 0 aliphatic heterocycles. The molecule has 1 unspecified atom stereocenters. The number of carbonyl (C=O) groups excluding carboxylic acids is 1. The molecule has 2 amide bonds. The summed E-state index contributed by atoms with van der Waals surface area (Å²) in [6.45, 7) is 8.93. The first-order chi connectivity index (χ1) is 10.9. The normalized spacial score (nSPS) is 12.7. The van der Waals surface area contributed by atoms with Gasteiger partial charge in [-0.3, -0.25) is 4.98 Å². The van der Waals surface area contributed by atoms with Gasteiger partial charge in [-0.15, -0.1) is 11.3 Å². The van der Waals surface area contributed by atoms with Gasteiger partial charge >= 0.3 is 6.03 Å². The minimum absolute atomic E-state index is 0.0671. The van der Waals surface area contributed by atoms with Gasteiger partial charge in [-0.1, -0.05) is 26.8 Å². The van der Waals surface area contributed by atoms with Crippen molar-refractivity contribution in [3.05, 3.63) is 46.2 Å². The van der Waals surface area contributed by atoms with Crippen LogP contribution in [0.5, 0.6) is 0 Å². The number of nitrogens with zero attached hydrogens (tertiary/aromatic N) is 2. The van der Waals surface area contributed by atoms with Crippen molar-refractivity contribution in [3.63, 3.8) is 0 Å². The van der Waals surface area contributed by atoms with E-state index >= 15 is 0 Å². The Bertz CT molecular complexity index is 634. The lowest BCUT2D eigenvalue weighted by Crippen LogP contribution is -2.38. The maximum absolute atomic E-state index is 11.9. The van der Waals surface area contributed by atoms with Crippen LogP contribution in [-0.2, 0) is 11.8 Å². The average Bonchev–Trinajstić information content (AvgIpc) is 2.97. The van der Waals surface area contributed by atoms with Gasteiger partial charge in [0, 0.05) is 30.0 Å². The summed E-state index contributed by atoms with van der Waals surface area (Å²) >= 11 is 1.65. The zero-order valence-corrected chi connectivity index (χ0v) is 14.9. The summed E-state index contributed by atoms with van der Waals surface area (Å²) in [6.07, 6.45) is 2.47. The molecule has 0 aliphatic carbocycles. The van der Waals surface area contributed by atoms with Crippen LogP contribution in [0.3, 0.4) is 0 Å². The lowest BCUT2D eigenvalue weighted by Gasteiger charge is -2.14. The number of rotatable bonds is 5. The Balaban J connectivity index is 1.76. The maximum Gasteiger partial charge on any atom is 0.315 e. The Morgan fingerprint density at radius 2 is 2.13 bits per heavy atom. The molecule has 5 nitrogen and oxygen atoms in total. The number of nitrogens with one attached hydrogen (secondary N) is 2. The van der Waals surface area contributed by atoms with E-state index in [1.54, 1.807) is 17.5 Å². The molecule has 23 heavy (non-hydrogen) atoms. The molecule has 2 rings (SSSR count). The predicted octanol–water partition coefficient (Wildman–Crippen LogP) is 3.44. The van der Waals surface area contributed by atoms with Crippen LogP contribution in [0.4, 0.5) is 4.79 Å². The van der Waals surface area contributed by atoms with Crippen LogP contribution in [0.25, 0.3) is 0 Å². The second-order valence-corrected chi connectivity index (χ2v) is 7.45. The van der Waals surface area contributed by atoms with Crippen LogP contribution >= 0.6 is 11.3 Å². The highest BCUT2D eigenvalue weighted by Gasteiger charge is 2.17. The first-order valence-corrected chi connectivity index (χ1v) is 8.64. The van der Waals surface area contributed by atoms with E-state index < -0.39 is 0 Å². The van der Waals surface area contributed by atoms with Crippen LogP contribution in [0, 0.1) is 0 Å². The van der Waals surface area contributed by atoms with Crippen LogP contribution in [-0.4, -0.2) is 22.5 Å². The summed E-state index contributed by atoms with van der Waals surface area (Å²) in [5.41, 5.74) is 2.01. The van der Waals surface area contributed by atoms with Crippen molar-refractivity contribution in [1.82, 2.24) is 20.6 Å². The van der Waals surface area contributed by atoms with Crippen molar-refractivity contribution in [3.8, 4) is 0 Å². The van der Waals surface area contributed by atoms with E-state index in [1.165, 1.54) is 0 Å². The van der Waals surface area contributed by atoms with E-state index in [0.717, 1.165) is 22.8 Å². The number of amides is 2. The molecule has 2 aromatic heterocycles. The maximum atomic E-state index is 11.9. The molecule has 0 fully saturated rings. The molecule has 0 saturated heterocycles. The van der Waals surface area contributed by atoms with E-state index in [9.17, 15) is 4.79 Å². The summed E-state index contributed by atoms with van der Waals surface area (Å²) < 4.78 is 0. The molecule has 2 aromatic rings. The Labute approximate surface area is 141 Å². The number of thiazole rings is 1. The zero-order chi connectivity index (χ0) is 16.9. The van der Waals surface area contributed by atoms with Crippen molar-refractivity contribution >= 4 is 17.4 Å². The molecule has 0 saturated carbocycles. The van der Waals surface area contributed by atoms with Crippen molar-refractivity contribution in [2.75, 3.05) is 6.54 Å². The molecule has 2 N–H and O–H groups in total. The quantitative estimate of drug-likeness (QED) is 0.881. The van der Waals surface area contributed by atoms with Gasteiger partial charge in [0.05, 0.1) is 22.4 Å². The second-order valence-electron chi connectivity index (χ2n) is 6.50. The Kier molecular flexibility index (Phi) is 5.71. The van der Waals surface area contributed by atoms with Gasteiger partial charge in [0.1, 0.15) is 0 Å². The fraction of sp³-hybridized carbons (Fsp3) is 0.471. The molecule has 124 valence electrons. The molecular weight excluding hydrogens is 308 g/mol. The number of hydrogen-bond donors (Lipinski definition) is 2. The van der Waals surface area contributed by atoms with E-state index in [-0.39, 0.29) is 17.5 Å². The summed E-state index contributed by atoms with van der Waals surface area (Å²) in [5.74, 6) is 0. The first-order valence-electron chi connectivity index (χ1n) is 7.76. The van der Waals surface area contributed by atoms with Gasteiger partial charge < -0.3 is 10.6 Å². The highest BCUT2D eigenvalue weighted by atomic mass is 32.1. The summed E-state index contributed by atoms with van der Waals surface area (Å²) in [7, 11) is 0. The SMILES string of the molecule is CC(NC(=O)NCCc1nc(C(C)(C)C)cs1)c1ccccn1. The smallest absolute Gasteiger partial charge is 0.315 e. The summed E-state index contributed by atoms with van der Waals surface area (Å²) in [5, 5.41) is 8.90. The van der Waals surface area contributed by atoms with Gasteiger partial charge in [-0.25, -0.2) is 9.78 Å². The van der Waals surface area contributed by atoms with Gasteiger partial charge in [0.2, 0.25) is 0 Å². The van der Waals surface area contributed by atoms with E-state index in [0.29, 0.717) is 6.54 Å². The largest absolute Gasteiger partial charge is 0.338 e. The van der Waals surface area contributed by atoms with Crippen molar-refractivity contribution in [1.29, 1.82) is 0 Å². The minimum atomic E-state index is -0.184. The minimum Gasteiger partial charge on any atom is -0.338 e. The molecule has 0 spiro atoms. The van der Waals surface area contributed by atoms with Crippen molar-refractivity contribution in [2.45, 2.75) is 45.6 Å². The summed E-state index contributed by atoms with van der Waals surface area (Å²) in [6, 6.07) is 5.36. The Morgan fingerprint density at radius 1 is 1.35 bits per heavy atom. The van der Waals surface area contributed by atoms with E-state index in [1.807, 2.05) is 25.1 Å². The molecule has 2 heterocycles. The average molecular weight is 332 g/mol. The summed E-state index contributed by atoms with van der Waals surface area (Å²) in [4.78, 5) is 20.8. The number of urea groups is 1. The topological polar surface area (TPSA) is 66.9 Å². The van der Waals surface area contributed by atoms with Crippen LogP contribution in [0.15, 0.2) is 29.8 Å². The first kappa shape index (κ1) is 17.4. The molecule has 0 bridgehead atoms. The fourth-order valence-corrected chi connectivity index (χ4v) is 3.03. The molecule has 1 atom stereocenters. The van der Waals surface area contributed by atoms with Gasteiger partial charge in [-0.2, -0.15) is 0 Å². The molecule has 0 radical (unpaired) electrons. The predicted molar refractivity (Wildman–Crippen MR) is 93.7 cm³/mol. The van der Waals surface area contributed by atoms with Crippen LogP contribution < -0.4 is 10.6 Å². The standard InChI is InChI=1S/C17H24N4OS/c1-12(13-7-5-6-9-18-13)20-16(22)19-10-8-15-21-14(11-23-15)17(2,3)4/h5-7,9,11-12H,8,10H2,1-4H3,(H2,19,20,22). The molecular formula is C17H24N4OS.